The van der Waals surface area contributed by atoms with Gasteiger partial charge in [-0.25, -0.2) is 4.98 Å². The number of aromatic nitrogens is 3. The zero-order chi connectivity index (χ0) is 14.8. The highest BCUT2D eigenvalue weighted by Gasteiger charge is 2.13. The first-order valence-corrected chi connectivity index (χ1v) is 7.51. The predicted molar refractivity (Wildman–Crippen MR) is 85.6 cm³/mol. The van der Waals surface area contributed by atoms with E-state index in [1.54, 1.807) is 19.2 Å². The zero-order valence-electron chi connectivity index (χ0n) is 10.9. The summed E-state index contributed by atoms with van der Waals surface area (Å²) >= 11 is 13.4. The number of hydrogen-bond donors (Lipinski definition) is 1. The number of nitrogens with zero attached hydrogens (tertiary/aromatic N) is 3. The maximum atomic E-state index is 6.24. The van der Waals surface area contributed by atoms with Gasteiger partial charge in [0.2, 0.25) is 5.88 Å². The van der Waals surface area contributed by atoms with E-state index in [9.17, 15) is 0 Å². The largest absolute Gasteiger partial charge is 0.481 e. The van der Waals surface area contributed by atoms with Gasteiger partial charge in [-0.3, -0.25) is 0 Å². The quantitative estimate of drug-likeness (QED) is 0.777. The molecule has 0 unspecified atom stereocenters. The molecular formula is C13H10Cl2N4OS. The summed E-state index contributed by atoms with van der Waals surface area (Å²) in [6.45, 7) is 0.491. The fourth-order valence-corrected chi connectivity index (χ4v) is 3.07. The van der Waals surface area contributed by atoms with E-state index in [4.69, 9.17) is 27.9 Å². The Balaban J connectivity index is 1.89. The normalized spacial score (nSPS) is 10.8. The van der Waals surface area contributed by atoms with E-state index in [-0.39, 0.29) is 0 Å². The number of anilines is 1. The lowest BCUT2D eigenvalue weighted by atomic mass is 10.2. The second-order valence-electron chi connectivity index (χ2n) is 4.20. The van der Waals surface area contributed by atoms with Crippen molar-refractivity contribution in [2.75, 3.05) is 12.4 Å². The summed E-state index contributed by atoms with van der Waals surface area (Å²) in [5.41, 5.74) is 2.85. The van der Waals surface area contributed by atoms with Gasteiger partial charge in [-0.2, -0.15) is 8.75 Å². The van der Waals surface area contributed by atoms with Gasteiger partial charge in [0.15, 0.2) is 0 Å². The standard InChI is InChI=1S/C13H10Cl2N4OS/c1-20-10-4-2-3-7(17-10)6-16-11-8(14)5-9(15)12-13(11)19-21-18-12/h2-5,16H,6H2,1H3. The lowest BCUT2D eigenvalue weighted by molar-refractivity contribution is 0.396. The molecule has 0 aliphatic rings. The molecular weight excluding hydrogens is 331 g/mol. The number of hydrogen-bond acceptors (Lipinski definition) is 6. The van der Waals surface area contributed by atoms with Crippen molar-refractivity contribution in [2.45, 2.75) is 6.54 Å². The van der Waals surface area contributed by atoms with E-state index in [1.807, 2.05) is 12.1 Å². The van der Waals surface area contributed by atoms with Crippen LogP contribution in [0.2, 0.25) is 10.0 Å². The van der Waals surface area contributed by atoms with Crippen LogP contribution in [0.4, 0.5) is 5.69 Å². The van der Waals surface area contributed by atoms with E-state index in [1.165, 1.54) is 0 Å². The Morgan fingerprint density at radius 2 is 2.00 bits per heavy atom. The van der Waals surface area contributed by atoms with Gasteiger partial charge in [-0.15, -0.1) is 0 Å². The molecule has 0 fully saturated rings. The maximum absolute atomic E-state index is 6.24. The number of halogens is 2. The highest BCUT2D eigenvalue weighted by molar-refractivity contribution is 7.00. The van der Waals surface area contributed by atoms with Crippen LogP contribution in [0.5, 0.6) is 5.88 Å². The summed E-state index contributed by atoms with van der Waals surface area (Å²) in [5, 5.41) is 4.23. The molecule has 0 saturated carbocycles. The molecule has 0 spiro atoms. The van der Waals surface area contributed by atoms with Crippen molar-refractivity contribution in [3.8, 4) is 5.88 Å². The van der Waals surface area contributed by atoms with Crippen LogP contribution < -0.4 is 10.1 Å². The van der Waals surface area contributed by atoms with Crippen molar-refractivity contribution in [2.24, 2.45) is 0 Å². The SMILES string of the molecule is COc1cccc(CNc2c(Cl)cc(Cl)c3nsnc23)n1. The second-order valence-corrected chi connectivity index (χ2v) is 5.54. The van der Waals surface area contributed by atoms with Gasteiger partial charge in [-0.05, 0) is 12.1 Å². The number of rotatable bonds is 4. The van der Waals surface area contributed by atoms with E-state index in [0.29, 0.717) is 39.2 Å². The minimum atomic E-state index is 0.491. The molecule has 2 heterocycles. The molecule has 0 saturated heterocycles. The van der Waals surface area contributed by atoms with Crippen LogP contribution in [0.15, 0.2) is 24.3 Å². The highest BCUT2D eigenvalue weighted by Crippen LogP contribution is 2.35. The molecule has 3 aromatic rings. The number of methoxy groups -OCH3 is 1. The molecule has 0 radical (unpaired) electrons. The fraction of sp³-hybridized carbons (Fsp3) is 0.154. The summed E-state index contributed by atoms with van der Waals surface area (Å²) in [4.78, 5) is 4.33. The van der Waals surface area contributed by atoms with Crippen LogP contribution in [0.1, 0.15) is 5.69 Å². The van der Waals surface area contributed by atoms with E-state index in [2.05, 4.69) is 19.0 Å². The van der Waals surface area contributed by atoms with Crippen molar-refractivity contribution in [3.05, 3.63) is 40.0 Å². The van der Waals surface area contributed by atoms with Crippen LogP contribution >= 0.6 is 34.9 Å². The zero-order valence-corrected chi connectivity index (χ0v) is 13.3. The third-order valence-electron chi connectivity index (χ3n) is 2.88. The molecule has 108 valence electrons. The second kappa shape index (κ2) is 6.01. The summed E-state index contributed by atoms with van der Waals surface area (Å²) < 4.78 is 13.5. The third kappa shape index (κ3) is 2.88. The molecule has 1 N–H and O–H groups in total. The van der Waals surface area contributed by atoms with Gasteiger partial charge < -0.3 is 10.1 Å². The van der Waals surface area contributed by atoms with Crippen LogP contribution in [0.25, 0.3) is 11.0 Å². The van der Waals surface area contributed by atoms with Gasteiger partial charge in [0.1, 0.15) is 11.0 Å². The Labute approximate surface area is 135 Å². The van der Waals surface area contributed by atoms with Crippen LogP contribution in [-0.2, 0) is 6.54 Å². The molecule has 0 atom stereocenters. The molecule has 5 nitrogen and oxygen atoms in total. The average Bonchev–Trinajstić information content (AvgIpc) is 2.97. The van der Waals surface area contributed by atoms with Gasteiger partial charge in [0, 0.05) is 6.07 Å². The van der Waals surface area contributed by atoms with E-state index in [0.717, 1.165) is 17.4 Å². The van der Waals surface area contributed by atoms with Crippen LogP contribution in [0.3, 0.4) is 0 Å². The number of nitrogens with one attached hydrogen (secondary N) is 1. The molecule has 0 aliphatic carbocycles. The van der Waals surface area contributed by atoms with Gasteiger partial charge in [0.25, 0.3) is 0 Å². The van der Waals surface area contributed by atoms with Crippen LogP contribution in [-0.4, -0.2) is 20.8 Å². The minimum Gasteiger partial charge on any atom is -0.481 e. The molecule has 21 heavy (non-hydrogen) atoms. The first-order valence-electron chi connectivity index (χ1n) is 6.03. The molecule has 8 heteroatoms. The summed E-state index contributed by atoms with van der Waals surface area (Å²) in [5.74, 6) is 0.567. The van der Waals surface area contributed by atoms with E-state index >= 15 is 0 Å². The monoisotopic (exact) mass is 340 g/mol. The summed E-state index contributed by atoms with van der Waals surface area (Å²) in [6, 6.07) is 7.23. The Hall–Kier alpha value is -1.63. The van der Waals surface area contributed by atoms with Gasteiger partial charge in [-0.1, -0.05) is 29.3 Å². The molecule has 0 aliphatic heterocycles. The van der Waals surface area contributed by atoms with Crippen LogP contribution in [0, 0.1) is 0 Å². The topological polar surface area (TPSA) is 59.9 Å². The summed E-state index contributed by atoms with van der Waals surface area (Å²) in [7, 11) is 1.58. The van der Waals surface area contributed by atoms with Gasteiger partial charge in [0.05, 0.1) is 46.8 Å². The average molecular weight is 341 g/mol. The number of ether oxygens (including phenoxy) is 1. The van der Waals surface area contributed by atoms with Crippen molar-refractivity contribution < 1.29 is 4.74 Å². The van der Waals surface area contributed by atoms with Crippen molar-refractivity contribution in [1.82, 2.24) is 13.7 Å². The lowest BCUT2D eigenvalue weighted by Gasteiger charge is -2.09. The molecule has 3 rings (SSSR count). The Morgan fingerprint density at radius 1 is 1.19 bits per heavy atom. The first kappa shape index (κ1) is 14.3. The Morgan fingerprint density at radius 3 is 2.81 bits per heavy atom. The van der Waals surface area contributed by atoms with E-state index < -0.39 is 0 Å². The fourth-order valence-electron chi connectivity index (χ4n) is 1.89. The molecule has 2 aromatic heterocycles. The predicted octanol–water partition coefficient (Wildman–Crippen LogP) is 4.01. The minimum absolute atomic E-state index is 0.491. The number of pyridine rings is 1. The maximum Gasteiger partial charge on any atom is 0.213 e. The molecule has 0 bridgehead atoms. The Bertz CT molecular complexity index is 793. The van der Waals surface area contributed by atoms with Crippen molar-refractivity contribution in [1.29, 1.82) is 0 Å². The smallest absolute Gasteiger partial charge is 0.213 e. The van der Waals surface area contributed by atoms with Crippen molar-refractivity contribution >= 4 is 51.7 Å². The summed E-state index contributed by atoms with van der Waals surface area (Å²) in [6.07, 6.45) is 0. The lowest BCUT2D eigenvalue weighted by Crippen LogP contribution is -2.03. The number of benzene rings is 1. The number of fused-ring (bicyclic) bond motifs is 1. The molecule has 0 amide bonds. The first-order chi connectivity index (χ1) is 10.2. The highest BCUT2D eigenvalue weighted by atomic mass is 35.5. The Kier molecular flexibility index (Phi) is 4.10. The van der Waals surface area contributed by atoms with Crippen molar-refractivity contribution in [3.63, 3.8) is 0 Å². The molecule has 1 aromatic carbocycles. The van der Waals surface area contributed by atoms with Gasteiger partial charge >= 0.3 is 0 Å². The third-order valence-corrected chi connectivity index (χ3v) is 4.00.